The van der Waals surface area contributed by atoms with E-state index < -0.39 is 0 Å². The summed E-state index contributed by atoms with van der Waals surface area (Å²) in [6.07, 6.45) is 1.10. The van der Waals surface area contributed by atoms with E-state index in [1.165, 1.54) is 5.69 Å². The molecule has 0 amide bonds. The number of nitrogens with one attached hydrogen (secondary N) is 2. The van der Waals surface area contributed by atoms with Gasteiger partial charge in [0.2, 0.25) is 6.79 Å². The Hall–Kier alpha value is -2.16. The van der Waals surface area contributed by atoms with Crippen molar-refractivity contribution in [3.8, 4) is 11.5 Å². The Bertz CT molecular complexity index is 785. The van der Waals surface area contributed by atoms with Gasteiger partial charge in [-0.15, -0.1) is 24.0 Å². The summed E-state index contributed by atoms with van der Waals surface area (Å²) in [7, 11) is 1.80. The SMILES string of the molecule is CN=C(NCc1ccc2c(c1)OCO2)NC1CCN(c2ccccc2)C1.I. The van der Waals surface area contributed by atoms with Crippen LogP contribution in [-0.4, -0.2) is 38.9 Å². The van der Waals surface area contributed by atoms with Crippen LogP contribution < -0.4 is 25.0 Å². The summed E-state index contributed by atoms with van der Waals surface area (Å²) in [5, 5.41) is 6.91. The molecule has 0 bridgehead atoms. The third-order valence-corrected chi connectivity index (χ3v) is 4.77. The zero-order valence-corrected chi connectivity index (χ0v) is 17.7. The molecule has 2 aromatic carbocycles. The third kappa shape index (κ3) is 4.77. The minimum atomic E-state index is 0. The van der Waals surface area contributed by atoms with Crippen LogP contribution in [0.1, 0.15) is 12.0 Å². The van der Waals surface area contributed by atoms with Crippen LogP contribution in [0.25, 0.3) is 0 Å². The number of guanidine groups is 1. The normalized spacial score (nSPS) is 18.2. The molecule has 144 valence electrons. The molecule has 7 heteroatoms. The van der Waals surface area contributed by atoms with Crippen LogP contribution in [-0.2, 0) is 6.54 Å². The number of halogens is 1. The molecule has 4 rings (SSSR count). The third-order valence-electron chi connectivity index (χ3n) is 4.77. The largest absolute Gasteiger partial charge is 0.454 e. The summed E-state index contributed by atoms with van der Waals surface area (Å²) in [6, 6.07) is 16.9. The molecule has 1 unspecified atom stereocenters. The topological polar surface area (TPSA) is 58.1 Å². The van der Waals surface area contributed by atoms with Crippen molar-refractivity contribution in [2.24, 2.45) is 4.99 Å². The van der Waals surface area contributed by atoms with Gasteiger partial charge in [-0.25, -0.2) is 0 Å². The summed E-state index contributed by atoms with van der Waals surface area (Å²) in [6.45, 7) is 3.02. The Morgan fingerprint density at radius 3 is 2.78 bits per heavy atom. The lowest BCUT2D eigenvalue weighted by molar-refractivity contribution is 0.174. The number of para-hydroxylation sites is 1. The van der Waals surface area contributed by atoms with Gasteiger partial charge in [-0.05, 0) is 36.2 Å². The van der Waals surface area contributed by atoms with Gasteiger partial charge in [0.1, 0.15) is 0 Å². The molecule has 2 aliphatic heterocycles. The summed E-state index contributed by atoms with van der Waals surface area (Å²) < 4.78 is 10.8. The highest BCUT2D eigenvalue weighted by Gasteiger charge is 2.23. The molecule has 2 heterocycles. The lowest BCUT2D eigenvalue weighted by Crippen LogP contribution is -2.44. The first-order chi connectivity index (χ1) is 12.8. The van der Waals surface area contributed by atoms with E-state index in [0.29, 0.717) is 19.4 Å². The van der Waals surface area contributed by atoms with E-state index >= 15 is 0 Å². The maximum atomic E-state index is 5.43. The number of hydrogen-bond donors (Lipinski definition) is 2. The Labute approximate surface area is 177 Å². The quantitative estimate of drug-likeness (QED) is 0.401. The Morgan fingerprint density at radius 1 is 1.15 bits per heavy atom. The van der Waals surface area contributed by atoms with Gasteiger partial charge >= 0.3 is 0 Å². The number of benzene rings is 2. The van der Waals surface area contributed by atoms with Crippen LogP contribution in [0, 0.1) is 0 Å². The van der Waals surface area contributed by atoms with Gasteiger partial charge < -0.3 is 25.0 Å². The van der Waals surface area contributed by atoms with E-state index in [1.54, 1.807) is 7.05 Å². The molecular formula is C20H25IN4O2. The lowest BCUT2D eigenvalue weighted by atomic mass is 10.2. The molecule has 27 heavy (non-hydrogen) atoms. The minimum Gasteiger partial charge on any atom is -0.454 e. The summed E-state index contributed by atoms with van der Waals surface area (Å²) in [5.74, 6) is 2.44. The average molecular weight is 480 g/mol. The standard InChI is InChI=1S/C20H24N4O2.HI/c1-21-20(22-12-15-7-8-18-19(11-15)26-14-25-18)23-16-9-10-24(13-16)17-5-3-2-4-6-17;/h2-8,11,16H,9-10,12-14H2,1H3,(H2,21,22,23);1H. The molecule has 2 N–H and O–H groups in total. The monoisotopic (exact) mass is 480 g/mol. The lowest BCUT2D eigenvalue weighted by Gasteiger charge is -2.20. The fraction of sp³-hybridized carbons (Fsp3) is 0.350. The van der Waals surface area contributed by atoms with Crippen molar-refractivity contribution in [1.29, 1.82) is 0 Å². The van der Waals surface area contributed by atoms with Crippen molar-refractivity contribution >= 4 is 35.6 Å². The molecule has 1 saturated heterocycles. The molecule has 1 fully saturated rings. The van der Waals surface area contributed by atoms with Crippen LogP contribution >= 0.6 is 24.0 Å². The smallest absolute Gasteiger partial charge is 0.231 e. The van der Waals surface area contributed by atoms with Gasteiger partial charge in [0.15, 0.2) is 17.5 Å². The number of rotatable bonds is 4. The molecule has 2 aromatic rings. The van der Waals surface area contributed by atoms with Crippen LogP contribution in [0.4, 0.5) is 5.69 Å². The molecule has 1 atom stereocenters. The molecule has 0 radical (unpaired) electrons. The van der Waals surface area contributed by atoms with Crippen LogP contribution in [0.2, 0.25) is 0 Å². The van der Waals surface area contributed by atoms with Crippen LogP contribution in [0.3, 0.4) is 0 Å². The zero-order valence-electron chi connectivity index (χ0n) is 15.4. The highest BCUT2D eigenvalue weighted by molar-refractivity contribution is 14.0. The molecule has 2 aliphatic rings. The van der Waals surface area contributed by atoms with Crippen LogP contribution in [0.5, 0.6) is 11.5 Å². The fourth-order valence-electron chi connectivity index (χ4n) is 3.38. The molecular weight excluding hydrogens is 455 g/mol. The molecule has 0 saturated carbocycles. The maximum absolute atomic E-state index is 5.43. The summed E-state index contributed by atoms with van der Waals surface area (Å²) in [5.41, 5.74) is 2.41. The number of hydrogen-bond acceptors (Lipinski definition) is 4. The average Bonchev–Trinajstić information content (AvgIpc) is 3.34. The predicted molar refractivity (Wildman–Crippen MR) is 118 cm³/mol. The van der Waals surface area contributed by atoms with Crippen molar-refractivity contribution in [3.05, 3.63) is 54.1 Å². The number of ether oxygens (including phenoxy) is 2. The number of nitrogens with zero attached hydrogens (tertiary/aromatic N) is 2. The summed E-state index contributed by atoms with van der Waals surface area (Å²) >= 11 is 0. The first-order valence-electron chi connectivity index (χ1n) is 8.97. The fourth-order valence-corrected chi connectivity index (χ4v) is 3.38. The number of fused-ring (bicyclic) bond motifs is 1. The number of aliphatic imine (C=N–C) groups is 1. The van der Waals surface area contributed by atoms with E-state index in [0.717, 1.165) is 42.5 Å². The first-order valence-corrected chi connectivity index (χ1v) is 8.97. The molecule has 6 nitrogen and oxygen atoms in total. The van der Waals surface area contributed by atoms with Gasteiger partial charge in [0.25, 0.3) is 0 Å². The van der Waals surface area contributed by atoms with Crippen molar-refractivity contribution in [2.45, 2.75) is 19.0 Å². The van der Waals surface area contributed by atoms with E-state index in [2.05, 4.69) is 50.9 Å². The van der Waals surface area contributed by atoms with Crippen LogP contribution in [0.15, 0.2) is 53.5 Å². The second-order valence-corrected chi connectivity index (χ2v) is 6.52. The van der Waals surface area contributed by atoms with Crippen molar-refractivity contribution in [3.63, 3.8) is 0 Å². The molecule has 0 aromatic heterocycles. The first kappa shape index (κ1) is 19.6. The molecule has 0 aliphatic carbocycles. The van der Waals surface area contributed by atoms with E-state index in [1.807, 2.05) is 18.2 Å². The van der Waals surface area contributed by atoms with Gasteiger partial charge in [0, 0.05) is 38.4 Å². The van der Waals surface area contributed by atoms with E-state index in [4.69, 9.17) is 9.47 Å². The highest BCUT2D eigenvalue weighted by atomic mass is 127. The van der Waals surface area contributed by atoms with Crippen molar-refractivity contribution < 1.29 is 9.47 Å². The Kier molecular flexibility index (Phi) is 6.65. The summed E-state index contributed by atoms with van der Waals surface area (Å²) in [4.78, 5) is 6.76. The number of anilines is 1. The maximum Gasteiger partial charge on any atom is 0.231 e. The minimum absolute atomic E-state index is 0. The predicted octanol–water partition coefficient (Wildman–Crippen LogP) is 2.98. The second-order valence-electron chi connectivity index (χ2n) is 6.52. The van der Waals surface area contributed by atoms with Crippen molar-refractivity contribution in [2.75, 3.05) is 31.8 Å². The van der Waals surface area contributed by atoms with E-state index in [-0.39, 0.29) is 24.0 Å². The van der Waals surface area contributed by atoms with Gasteiger partial charge in [-0.1, -0.05) is 24.3 Å². The Morgan fingerprint density at radius 2 is 1.96 bits per heavy atom. The molecule has 0 spiro atoms. The van der Waals surface area contributed by atoms with Gasteiger partial charge in [-0.2, -0.15) is 0 Å². The van der Waals surface area contributed by atoms with Gasteiger partial charge in [-0.3, -0.25) is 4.99 Å². The second kappa shape index (κ2) is 9.16. The Balaban J connectivity index is 0.00000210. The van der Waals surface area contributed by atoms with E-state index in [9.17, 15) is 0 Å². The van der Waals surface area contributed by atoms with Crippen molar-refractivity contribution in [1.82, 2.24) is 10.6 Å². The zero-order chi connectivity index (χ0) is 17.8. The highest BCUT2D eigenvalue weighted by Crippen LogP contribution is 2.32. The van der Waals surface area contributed by atoms with Gasteiger partial charge in [0.05, 0.1) is 0 Å².